The number of carbonyl (C=O) groups excluding carboxylic acids is 2. The maximum atomic E-state index is 12.9. The van der Waals surface area contributed by atoms with Crippen molar-refractivity contribution < 1.29 is 14.0 Å². The first-order chi connectivity index (χ1) is 12.1. The average Bonchev–Trinajstić information content (AvgIpc) is 2.98. The minimum absolute atomic E-state index is 0.110. The molecule has 0 atom stereocenters. The minimum Gasteiger partial charge on any atom is -0.450 e. The summed E-state index contributed by atoms with van der Waals surface area (Å²) in [7, 11) is 0. The monoisotopic (exact) mass is 336 g/mol. The summed E-state index contributed by atoms with van der Waals surface area (Å²) in [6, 6.07) is 12.0. The Morgan fingerprint density at radius 3 is 2.52 bits per heavy atom. The SMILES string of the molecule is Cc1c(C(=O)N2CCC(C(N)=O)CC2)oc2c1ccc1ccccc12. The molecule has 25 heavy (non-hydrogen) atoms. The summed E-state index contributed by atoms with van der Waals surface area (Å²) >= 11 is 0. The molecule has 2 aromatic carbocycles. The number of likely N-dealkylation sites (tertiary alicyclic amines) is 1. The van der Waals surface area contributed by atoms with Crippen LogP contribution in [0.15, 0.2) is 40.8 Å². The fraction of sp³-hybridized carbons (Fsp3) is 0.300. The first-order valence-corrected chi connectivity index (χ1v) is 8.55. The lowest BCUT2D eigenvalue weighted by Gasteiger charge is -2.30. The molecule has 0 bridgehead atoms. The van der Waals surface area contributed by atoms with Crippen LogP contribution in [-0.4, -0.2) is 29.8 Å². The fourth-order valence-electron chi connectivity index (χ4n) is 3.66. The van der Waals surface area contributed by atoms with E-state index in [1.807, 2.05) is 43.3 Å². The molecule has 1 fully saturated rings. The normalized spacial score (nSPS) is 15.8. The van der Waals surface area contributed by atoms with E-state index in [2.05, 4.69) is 0 Å². The van der Waals surface area contributed by atoms with Gasteiger partial charge in [0.15, 0.2) is 5.76 Å². The summed E-state index contributed by atoms with van der Waals surface area (Å²) < 4.78 is 6.02. The largest absolute Gasteiger partial charge is 0.450 e. The molecule has 1 saturated heterocycles. The number of fused-ring (bicyclic) bond motifs is 3. The van der Waals surface area contributed by atoms with E-state index < -0.39 is 0 Å². The molecule has 3 aromatic rings. The van der Waals surface area contributed by atoms with Gasteiger partial charge in [-0.05, 0) is 25.2 Å². The number of amides is 2. The zero-order chi connectivity index (χ0) is 17.6. The van der Waals surface area contributed by atoms with Crippen LogP contribution in [-0.2, 0) is 4.79 Å². The highest BCUT2D eigenvalue weighted by Crippen LogP contribution is 2.32. The van der Waals surface area contributed by atoms with Crippen LogP contribution in [0.4, 0.5) is 0 Å². The summed E-state index contributed by atoms with van der Waals surface area (Å²) in [5.41, 5.74) is 6.99. The first-order valence-electron chi connectivity index (χ1n) is 8.55. The molecule has 1 aromatic heterocycles. The third-order valence-electron chi connectivity index (χ3n) is 5.21. The number of primary amides is 1. The molecule has 1 aliphatic heterocycles. The van der Waals surface area contributed by atoms with E-state index in [1.54, 1.807) is 4.90 Å². The first kappa shape index (κ1) is 15.7. The molecule has 0 radical (unpaired) electrons. The van der Waals surface area contributed by atoms with Gasteiger partial charge >= 0.3 is 0 Å². The van der Waals surface area contributed by atoms with Crippen molar-refractivity contribution in [3.63, 3.8) is 0 Å². The number of nitrogens with two attached hydrogens (primary N) is 1. The Morgan fingerprint density at radius 2 is 1.80 bits per heavy atom. The Morgan fingerprint density at radius 1 is 1.08 bits per heavy atom. The molecule has 0 aliphatic carbocycles. The van der Waals surface area contributed by atoms with Gasteiger partial charge < -0.3 is 15.1 Å². The van der Waals surface area contributed by atoms with Crippen LogP contribution < -0.4 is 5.73 Å². The summed E-state index contributed by atoms with van der Waals surface area (Å²) in [5, 5.41) is 3.06. The van der Waals surface area contributed by atoms with Crippen molar-refractivity contribution in [2.75, 3.05) is 13.1 Å². The molecule has 2 N–H and O–H groups in total. The van der Waals surface area contributed by atoms with E-state index in [9.17, 15) is 9.59 Å². The highest BCUT2D eigenvalue weighted by atomic mass is 16.3. The number of hydrogen-bond acceptors (Lipinski definition) is 3. The van der Waals surface area contributed by atoms with Crippen molar-refractivity contribution in [1.29, 1.82) is 0 Å². The van der Waals surface area contributed by atoms with E-state index in [0.29, 0.717) is 31.7 Å². The lowest BCUT2D eigenvalue weighted by molar-refractivity contribution is -0.123. The third kappa shape index (κ3) is 2.56. The van der Waals surface area contributed by atoms with E-state index in [4.69, 9.17) is 10.2 Å². The highest BCUT2D eigenvalue weighted by molar-refractivity contribution is 6.08. The van der Waals surface area contributed by atoms with Gasteiger partial charge in [-0.15, -0.1) is 0 Å². The van der Waals surface area contributed by atoms with Crippen LogP contribution >= 0.6 is 0 Å². The second kappa shape index (κ2) is 5.92. The van der Waals surface area contributed by atoms with Crippen molar-refractivity contribution in [2.24, 2.45) is 11.7 Å². The smallest absolute Gasteiger partial charge is 0.289 e. The molecule has 0 unspecified atom stereocenters. The molecule has 0 spiro atoms. The highest BCUT2D eigenvalue weighted by Gasteiger charge is 2.29. The maximum Gasteiger partial charge on any atom is 0.289 e. The van der Waals surface area contributed by atoms with E-state index in [-0.39, 0.29) is 17.7 Å². The summed E-state index contributed by atoms with van der Waals surface area (Å²) in [5.74, 6) is -0.132. The zero-order valence-corrected chi connectivity index (χ0v) is 14.1. The van der Waals surface area contributed by atoms with Gasteiger partial charge in [-0.2, -0.15) is 0 Å². The Balaban J connectivity index is 1.70. The van der Waals surface area contributed by atoms with Crippen molar-refractivity contribution in [1.82, 2.24) is 4.90 Å². The van der Waals surface area contributed by atoms with Crippen molar-refractivity contribution in [3.8, 4) is 0 Å². The topological polar surface area (TPSA) is 76.5 Å². The molecule has 1 aliphatic rings. The Kier molecular flexibility index (Phi) is 3.71. The van der Waals surface area contributed by atoms with Gasteiger partial charge in [-0.3, -0.25) is 9.59 Å². The predicted octanol–water partition coefficient (Wildman–Crippen LogP) is 3.23. The molecular weight excluding hydrogens is 316 g/mol. The van der Waals surface area contributed by atoms with E-state index >= 15 is 0 Å². The number of hydrogen-bond donors (Lipinski definition) is 1. The van der Waals surface area contributed by atoms with Crippen LogP contribution in [0.2, 0.25) is 0 Å². The second-order valence-corrected chi connectivity index (χ2v) is 6.69. The summed E-state index contributed by atoms with van der Waals surface area (Å²) in [4.78, 5) is 26.0. The zero-order valence-electron chi connectivity index (χ0n) is 14.1. The van der Waals surface area contributed by atoms with Crippen LogP contribution in [0.3, 0.4) is 0 Å². The lowest BCUT2D eigenvalue weighted by Crippen LogP contribution is -2.41. The Hall–Kier alpha value is -2.82. The van der Waals surface area contributed by atoms with Crippen LogP contribution in [0.25, 0.3) is 21.7 Å². The van der Waals surface area contributed by atoms with Gasteiger partial charge in [0.2, 0.25) is 5.91 Å². The van der Waals surface area contributed by atoms with Crippen LogP contribution in [0.1, 0.15) is 29.0 Å². The lowest BCUT2D eigenvalue weighted by atomic mass is 9.96. The number of furan rings is 1. The number of piperidine rings is 1. The maximum absolute atomic E-state index is 12.9. The summed E-state index contributed by atoms with van der Waals surface area (Å²) in [6.45, 7) is 2.98. The molecule has 2 amide bonds. The number of nitrogens with zero attached hydrogens (tertiary/aromatic N) is 1. The predicted molar refractivity (Wildman–Crippen MR) is 96.3 cm³/mol. The number of aryl methyl sites for hydroxylation is 1. The van der Waals surface area contributed by atoms with Crippen molar-refractivity contribution in [2.45, 2.75) is 19.8 Å². The standard InChI is InChI=1S/C20H20N2O3/c1-12-15-7-6-13-4-2-3-5-16(13)18(15)25-17(12)20(24)22-10-8-14(9-11-22)19(21)23/h2-7,14H,8-11H2,1H3,(H2,21,23). The Bertz CT molecular complexity index is 981. The molecule has 5 heteroatoms. The number of benzene rings is 2. The fourth-order valence-corrected chi connectivity index (χ4v) is 3.66. The van der Waals surface area contributed by atoms with Crippen LogP contribution in [0, 0.1) is 12.8 Å². The van der Waals surface area contributed by atoms with Gasteiger partial charge in [0, 0.05) is 35.3 Å². The number of rotatable bonds is 2. The van der Waals surface area contributed by atoms with Gasteiger partial charge in [-0.25, -0.2) is 0 Å². The number of carbonyl (C=O) groups is 2. The Labute approximate surface area is 145 Å². The van der Waals surface area contributed by atoms with Crippen molar-refractivity contribution in [3.05, 3.63) is 47.7 Å². The van der Waals surface area contributed by atoms with Gasteiger partial charge in [0.25, 0.3) is 5.91 Å². The van der Waals surface area contributed by atoms with Gasteiger partial charge in [0.1, 0.15) is 5.58 Å². The average molecular weight is 336 g/mol. The van der Waals surface area contributed by atoms with Crippen molar-refractivity contribution >= 4 is 33.6 Å². The van der Waals surface area contributed by atoms with Gasteiger partial charge in [-0.1, -0.05) is 36.4 Å². The minimum atomic E-state index is -0.279. The van der Waals surface area contributed by atoms with Crippen LogP contribution in [0.5, 0.6) is 0 Å². The third-order valence-corrected chi connectivity index (χ3v) is 5.21. The molecule has 4 rings (SSSR count). The molecule has 5 nitrogen and oxygen atoms in total. The molecule has 0 saturated carbocycles. The molecule has 2 heterocycles. The van der Waals surface area contributed by atoms with E-state index in [1.165, 1.54) is 0 Å². The molecular formula is C20H20N2O3. The van der Waals surface area contributed by atoms with Gasteiger partial charge in [0.05, 0.1) is 0 Å². The summed E-state index contributed by atoms with van der Waals surface area (Å²) in [6.07, 6.45) is 1.23. The molecule has 128 valence electrons. The van der Waals surface area contributed by atoms with E-state index in [0.717, 1.165) is 27.3 Å². The second-order valence-electron chi connectivity index (χ2n) is 6.69. The quantitative estimate of drug-likeness (QED) is 0.780.